The molecular formula is C6H7F3N2S. The highest BCUT2D eigenvalue weighted by Crippen LogP contribution is 2.38. The van der Waals surface area contributed by atoms with Crippen molar-refractivity contribution in [1.82, 2.24) is 4.98 Å². The molecule has 0 saturated carbocycles. The number of halogens is 3. The van der Waals surface area contributed by atoms with E-state index in [1.807, 2.05) is 0 Å². The zero-order chi connectivity index (χ0) is 9.35. The average Bonchev–Trinajstić information content (AvgIpc) is 2.29. The summed E-state index contributed by atoms with van der Waals surface area (Å²) in [7, 11) is 1.42. The largest absolute Gasteiger partial charge is 0.429 e. The Morgan fingerprint density at radius 2 is 2.00 bits per heavy atom. The number of aromatic nitrogens is 1. The molecule has 0 aliphatic heterocycles. The number of rotatable bonds is 1. The number of alkyl halides is 3. The van der Waals surface area contributed by atoms with Crippen LogP contribution in [0, 0.1) is 6.92 Å². The van der Waals surface area contributed by atoms with Gasteiger partial charge in [0.1, 0.15) is 5.82 Å². The van der Waals surface area contributed by atoms with Gasteiger partial charge in [0, 0.05) is 7.05 Å². The minimum Gasteiger partial charge on any atom is -0.372 e. The molecule has 6 heteroatoms. The van der Waals surface area contributed by atoms with Crippen LogP contribution in [0.3, 0.4) is 0 Å². The monoisotopic (exact) mass is 196 g/mol. The van der Waals surface area contributed by atoms with Gasteiger partial charge in [-0.1, -0.05) is 0 Å². The van der Waals surface area contributed by atoms with Crippen LogP contribution < -0.4 is 5.32 Å². The number of hydrogen-bond donors (Lipinski definition) is 1. The summed E-state index contributed by atoms with van der Waals surface area (Å²) >= 11 is 0.647. The lowest BCUT2D eigenvalue weighted by Gasteiger charge is -2.04. The zero-order valence-corrected chi connectivity index (χ0v) is 7.31. The van der Waals surface area contributed by atoms with Gasteiger partial charge in [0.15, 0.2) is 4.88 Å². The summed E-state index contributed by atoms with van der Waals surface area (Å²) in [6, 6.07) is 0. The number of nitrogens with zero attached hydrogens (tertiary/aromatic N) is 1. The molecule has 0 radical (unpaired) electrons. The molecule has 0 amide bonds. The first-order valence-corrected chi connectivity index (χ1v) is 3.99. The molecule has 12 heavy (non-hydrogen) atoms. The van der Waals surface area contributed by atoms with E-state index in [2.05, 4.69) is 10.3 Å². The second-order valence-electron chi connectivity index (χ2n) is 2.16. The summed E-state index contributed by atoms with van der Waals surface area (Å²) < 4.78 is 36.5. The van der Waals surface area contributed by atoms with Crippen LogP contribution in [-0.2, 0) is 6.18 Å². The summed E-state index contributed by atoms with van der Waals surface area (Å²) in [5.41, 5.74) is 0. The van der Waals surface area contributed by atoms with Crippen LogP contribution in [0.25, 0.3) is 0 Å². The van der Waals surface area contributed by atoms with Gasteiger partial charge < -0.3 is 5.32 Å². The smallest absolute Gasteiger partial charge is 0.372 e. The molecule has 0 spiro atoms. The number of anilines is 1. The van der Waals surface area contributed by atoms with Crippen molar-refractivity contribution in [2.75, 3.05) is 12.4 Å². The minimum atomic E-state index is -4.30. The van der Waals surface area contributed by atoms with Crippen LogP contribution in [-0.4, -0.2) is 12.0 Å². The van der Waals surface area contributed by atoms with Crippen molar-refractivity contribution in [3.8, 4) is 0 Å². The third-order valence-corrected chi connectivity index (χ3v) is 2.24. The topological polar surface area (TPSA) is 24.9 Å². The highest BCUT2D eigenvalue weighted by atomic mass is 32.1. The first kappa shape index (κ1) is 9.31. The normalized spacial score (nSPS) is 11.8. The predicted octanol–water partition coefficient (Wildman–Crippen LogP) is 2.51. The van der Waals surface area contributed by atoms with Gasteiger partial charge in [-0.25, -0.2) is 4.98 Å². The quantitative estimate of drug-likeness (QED) is 0.746. The molecule has 2 nitrogen and oxygen atoms in total. The van der Waals surface area contributed by atoms with E-state index in [0.717, 1.165) is 0 Å². The summed E-state index contributed by atoms with van der Waals surface area (Å²) in [4.78, 5) is 3.02. The Morgan fingerprint density at radius 1 is 1.42 bits per heavy atom. The van der Waals surface area contributed by atoms with E-state index in [4.69, 9.17) is 0 Å². The Balaban J connectivity index is 3.13. The maximum atomic E-state index is 12.2. The molecule has 0 unspecified atom stereocenters. The maximum absolute atomic E-state index is 12.2. The van der Waals surface area contributed by atoms with E-state index in [1.54, 1.807) is 6.92 Å². The lowest BCUT2D eigenvalue weighted by molar-refractivity contribution is -0.133. The predicted molar refractivity (Wildman–Crippen MR) is 41.4 cm³/mol. The molecular weight excluding hydrogens is 189 g/mol. The average molecular weight is 196 g/mol. The van der Waals surface area contributed by atoms with E-state index in [9.17, 15) is 13.2 Å². The van der Waals surface area contributed by atoms with Crippen molar-refractivity contribution in [2.24, 2.45) is 0 Å². The third kappa shape index (κ3) is 1.69. The molecule has 68 valence electrons. The van der Waals surface area contributed by atoms with Crippen molar-refractivity contribution >= 4 is 17.2 Å². The summed E-state index contributed by atoms with van der Waals surface area (Å²) in [5.74, 6) is -0.0926. The second kappa shape index (κ2) is 2.93. The van der Waals surface area contributed by atoms with Gasteiger partial charge in [-0.2, -0.15) is 13.2 Å². The van der Waals surface area contributed by atoms with E-state index >= 15 is 0 Å². The van der Waals surface area contributed by atoms with Crippen LogP contribution >= 0.6 is 11.3 Å². The lowest BCUT2D eigenvalue weighted by atomic mass is 10.5. The summed E-state index contributed by atoms with van der Waals surface area (Å²) in [5, 5.41) is 2.81. The van der Waals surface area contributed by atoms with Crippen LogP contribution in [0.4, 0.5) is 19.0 Å². The van der Waals surface area contributed by atoms with Crippen molar-refractivity contribution in [1.29, 1.82) is 0 Å². The fourth-order valence-corrected chi connectivity index (χ4v) is 1.58. The molecule has 0 fully saturated rings. The zero-order valence-electron chi connectivity index (χ0n) is 6.49. The van der Waals surface area contributed by atoms with Crippen molar-refractivity contribution in [2.45, 2.75) is 13.1 Å². The second-order valence-corrected chi connectivity index (χ2v) is 3.36. The SMILES string of the molecule is CNc1nc(C)sc1C(F)(F)F. The molecule has 0 aromatic carbocycles. The van der Waals surface area contributed by atoms with Crippen LogP contribution in [0.2, 0.25) is 0 Å². The van der Waals surface area contributed by atoms with E-state index in [1.165, 1.54) is 7.05 Å². The Labute approximate surface area is 71.4 Å². The highest BCUT2D eigenvalue weighted by molar-refractivity contribution is 7.12. The number of hydrogen-bond acceptors (Lipinski definition) is 3. The number of aryl methyl sites for hydroxylation is 1. The highest BCUT2D eigenvalue weighted by Gasteiger charge is 2.36. The molecule has 0 bridgehead atoms. The van der Waals surface area contributed by atoms with Gasteiger partial charge in [0.2, 0.25) is 0 Å². The Morgan fingerprint density at radius 3 is 2.33 bits per heavy atom. The van der Waals surface area contributed by atoms with Crippen LogP contribution in [0.5, 0.6) is 0 Å². The van der Waals surface area contributed by atoms with E-state index < -0.39 is 11.1 Å². The molecule has 0 saturated heterocycles. The van der Waals surface area contributed by atoms with E-state index in [-0.39, 0.29) is 5.82 Å². The van der Waals surface area contributed by atoms with E-state index in [0.29, 0.717) is 16.3 Å². The fourth-order valence-electron chi connectivity index (χ4n) is 0.789. The molecule has 1 aromatic rings. The van der Waals surface area contributed by atoms with Crippen molar-refractivity contribution < 1.29 is 13.2 Å². The third-order valence-electron chi connectivity index (χ3n) is 1.23. The summed E-state index contributed by atoms with van der Waals surface area (Å²) in [6.45, 7) is 1.54. The lowest BCUT2D eigenvalue weighted by Crippen LogP contribution is -2.05. The minimum absolute atomic E-state index is 0.0926. The first-order chi connectivity index (χ1) is 5.45. The fraction of sp³-hybridized carbons (Fsp3) is 0.500. The first-order valence-electron chi connectivity index (χ1n) is 3.17. The maximum Gasteiger partial charge on any atom is 0.429 e. The van der Waals surface area contributed by atoms with Gasteiger partial charge in [0.25, 0.3) is 0 Å². The van der Waals surface area contributed by atoms with Crippen molar-refractivity contribution in [3.63, 3.8) is 0 Å². The molecule has 0 aliphatic rings. The Kier molecular flexibility index (Phi) is 2.27. The molecule has 1 aromatic heterocycles. The molecule has 1 rings (SSSR count). The van der Waals surface area contributed by atoms with Crippen molar-refractivity contribution in [3.05, 3.63) is 9.88 Å². The summed E-state index contributed by atoms with van der Waals surface area (Å²) in [6.07, 6.45) is -4.30. The Hall–Kier alpha value is -0.780. The molecule has 1 heterocycles. The standard InChI is InChI=1S/C6H7F3N2S/c1-3-11-5(10-2)4(12-3)6(7,8)9/h10H,1-2H3. The number of thiazole rings is 1. The van der Waals surface area contributed by atoms with Gasteiger partial charge >= 0.3 is 6.18 Å². The molecule has 1 N–H and O–H groups in total. The van der Waals surface area contributed by atoms with Crippen LogP contribution in [0.15, 0.2) is 0 Å². The Bertz CT molecular complexity index is 279. The molecule has 0 aliphatic carbocycles. The van der Waals surface area contributed by atoms with Gasteiger partial charge in [-0.3, -0.25) is 0 Å². The van der Waals surface area contributed by atoms with Gasteiger partial charge in [0.05, 0.1) is 5.01 Å². The van der Waals surface area contributed by atoms with Crippen LogP contribution in [0.1, 0.15) is 9.88 Å². The number of nitrogens with one attached hydrogen (secondary N) is 1. The van der Waals surface area contributed by atoms with Gasteiger partial charge in [-0.05, 0) is 6.92 Å². The molecule has 0 atom stereocenters. The van der Waals surface area contributed by atoms with Gasteiger partial charge in [-0.15, -0.1) is 11.3 Å².